The lowest BCUT2D eigenvalue weighted by molar-refractivity contribution is -0.119. The summed E-state index contributed by atoms with van der Waals surface area (Å²) in [5, 5.41) is 15.6. The smallest absolute Gasteiger partial charge is 0.230 e. The van der Waals surface area contributed by atoms with Gasteiger partial charge >= 0.3 is 0 Å². The number of hydrogen-bond donors (Lipinski definition) is 1. The molecule has 2 heterocycles. The molecule has 2 aromatic rings. The van der Waals surface area contributed by atoms with Gasteiger partial charge in [-0.15, -0.1) is 5.10 Å². The van der Waals surface area contributed by atoms with E-state index < -0.39 is 0 Å². The summed E-state index contributed by atoms with van der Waals surface area (Å²) >= 11 is 7.26. The van der Waals surface area contributed by atoms with E-state index in [0.29, 0.717) is 16.7 Å². The Hall–Kier alpha value is -1.64. The Morgan fingerprint density at radius 3 is 3.22 bits per heavy atom. The normalized spacial score (nSPS) is 17.3. The van der Waals surface area contributed by atoms with Crippen LogP contribution in [-0.4, -0.2) is 51.1 Å². The molecule has 1 saturated heterocycles. The van der Waals surface area contributed by atoms with Gasteiger partial charge in [0.15, 0.2) is 0 Å². The Morgan fingerprint density at radius 1 is 1.52 bits per heavy atom. The maximum atomic E-state index is 11.9. The molecule has 0 bridgehead atoms. The first-order valence-corrected chi connectivity index (χ1v) is 8.64. The van der Waals surface area contributed by atoms with Crippen LogP contribution in [0, 0.1) is 0 Å². The van der Waals surface area contributed by atoms with Crippen LogP contribution in [0.3, 0.4) is 0 Å². The van der Waals surface area contributed by atoms with Gasteiger partial charge in [0, 0.05) is 18.2 Å². The van der Waals surface area contributed by atoms with Crippen LogP contribution in [0.1, 0.15) is 12.8 Å². The summed E-state index contributed by atoms with van der Waals surface area (Å²) in [6.07, 6.45) is 2.20. The number of ether oxygens (including phenoxy) is 1. The van der Waals surface area contributed by atoms with Gasteiger partial charge in [-0.05, 0) is 41.5 Å². The molecule has 1 aromatic heterocycles. The van der Waals surface area contributed by atoms with Gasteiger partial charge in [-0.25, -0.2) is 0 Å². The van der Waals surface area contributed by atoms with E-state index in [2.05, 4.69) is 20.8 Å². The molecule has 1 aliphatic heterocycles. The minimum absolute atomic E-state index is 0.0638. The topological polar surface area (TPSA) is 81.9 Å². The molecular formula is C14H16ClN5O2S. The highest BCUT2D eigenvalue weighted by molar-refractivity contribution is 7.99. The molecule has 1 N–H and O–H groups in total. The van der Waals surface area contributed by atoms with E-state index in [1.807, 2.05) is 12.1 Å². The van der Waals surface area contributed by atoms with E-state index in [1.165, 1.54) is 11.8 Å². The number of thioether (sulfide) groups is 1. The van der Waals surface area contributed by atoms with Crippen LogP contribution >= 0.6 is 23.4 Å². The summed E-state index contributed by atoms with van der Waals surface area (Å²) in [6.45, 7) is 1.34. The molecule has 0 radical (unpaired) electrons. The molecule has 0 spiro atoms. The monoisotopic (exact) mass is 353 g/mol. The molecule has 23 heavy (non-hydrogen) atoms. The van der Waals surface area contributed by atoms with E-state index >= 15 is 0 Å². The fourth-order valence-corrected chi connectivity index (χ4v) is 3.16. The number of hydrogen-bond acceptors (Lipinski definition) is 6. The van der Waals surface area contributed by atoms with Crippen molar-refractivity contribution < 1.29 is 9.53 Å². The van der Waals surface area contributed by atoms with Crippen LogP contribution in [0.2, 0.25) is 5.02 Å². The van der Waals surface area contributed by atoms with Crippen molar-refractivity contribution in [3.63, 3.8) is 0 Å². The molecule has 122 valence electrons. The third-order valence-corrected chi connectivity index (χ3v) is 4.53. The SMILES string of the molecule is O=C(CSc1nnnn1-c1cccc(Cl)c1)NC[C@@H]1CCCO1. The molecule has 7 nitrogen and oxygen atoms in total. The van der Waals surface area contributed by atoms with Crippen molar-refractivity contribution in [1.29, 1.82) is 0 Å². The number of carbonyl (C=O) groups excluding carboxylic acids is 1. The number of carbonyl (C=O) groups is 1. The number of nitrogens with one attached hydrogen (secondary N) is 1. The van der Waals surface area contributed by atoms with Crippen molar-refractivity contribution in [2.75, 3.05) is 18.9 Å². The Morgan fingerprint density at radius 2 is 2.43 bits per heavy atom. The molecule has 1 fully saturated rings. The zero-order valence-electron chi connectivity index (χ0n) is 12.3. The number of tetrazole rings is 1. The predicted molar refractivity (Wildman–Crippen MR) is 86.9 cm³/mol. The van der Waals surface area contributed by atoms with E-state index in [4.69, 9.17) is 16.3 Å². The van der Waals surface area contributed by atoms with Crippen molar-refractivity contribution in [2.24, 2.45) is 0 Å². The fourth-order valence-electron chi connectivity index (χ4n) is 2.25. The van der Waals surface area contributed by atoms with Gasteiger partial charge < -0.3 is 10.1 Å². The maximum absolute atomic E-state index is 11.9. The molecule has 1 amide bonds. The van der Waals surface area contributed by atoms with Crippen molar-refractivity contribution >= 4 is 29.3 Å². The Kier molecular flexibility index (Phi) is 5.47. The Bertz CT molecular complexity index is 675. The third-order valence-electron chi connectivity index (χ3n) is 3.38. The van der Waals surface area contributed by atoms with Crippen molar-refractivity contribution in [2.45, 2.75) is 24.1 Å². The number of amides is 1. The number of nitrogens with zero attached hydrogens (tertiary/aromatic N) is 4. The van der Waals surface area contributed by atoms with Crippen LogP contribution in [0.5, 0.6) is 0 Å². The molecule has 0 unspecified atom stereocenters. The second kappa shape index (κ2) is 7.76. The first-order chi connectivity index (χ1) is 11.2. The maximum Gasteiger partial charge on any atom is 0.230 e. The predicted octanol–water partition coefficient (Wildman–Crippen LogP) is 1.70. The number of halogens is 1. The molecule has 0 aliphatic carbocycles. The lowest BCUT2D eigenvalue weighted by Crippen LogP contribution is -2.32. The second-order valence-electron chi connectivity index (χ2n) is 5.08. The average Bonchev–Trinajstić information content (AvgIpc) is 3.22. The summed E-state index contributed by atoms with van der Waals surface area (Å²) in [4.78, 5) is 11.9. The molecule has 9 heteroatoms. The zero-order valence-corrected chi connectivity index (χ0v) is 13.9. The molecule has 1 atom stereocenters. The zero-order chi connectivity index (χ0) is 16.1. The van der Waals surface area contributed by atoms with E-state index in [-0.39, 0.29) is 17.8 Å². The molecular weight excluding hydrogens is 338 g/mol. The van der Waals surface area contributed by atoms with Crippen molar-refractivity contribution in [3.05, 3.63) is 29.3 Å². The highest BCUT2D eigenvalue weighted by Crippen LogP contribution is 2.20. The Labute approximate surface area is 142 Å². The fraction of sp³-hybridized carbons (Fsp3) is 0.429. The van der Waals surface area contributed by atoms with E-state index in [9.17, 15) is 4.79 Å². The van der Waals surface area contributed by atoms with Gasteiger partial charge in [-0.3, -0.25) is 4.79 Å². The Balaban J connectivity index is 1.54. The summed E-state index contributed by atoms with van der Waals surface area (Å²) in [7, 11) is 0. The van der Waals surface area contributed by atoms with E-state index in [1.54, 1.807) is 16.8 Å². The van der Waals surface area contributed by atoms with Crippen LogP contribution < -0.4 is 5.32 Å². The molecule has 1 aromatic carbocycles. The van der Waals surface area contributed by atoms with E-state index in [0.717, 1.165) is 25.1 Å². The first kappa shape index (κ1) is 16.2. The summed E-state index contributed by atoms with van der Waals surface area (Å²) in [5.41, 5.74) is 0.754. The van der Waals surface area contributed by atoms with Gasteiger partial charge in [-0.2, -0.15) is 4.68 Å². The summed E-state index contributed by atoms with van der Waals surface area (Å²) < 4.78 is 7.03. The lowest BCUT2D eigenvalue weighted by Gasteiger charge is -2.10. The minimum Gasteiger partial charge on any atom is -0.376 e. The van der Waals surface area contributed by atoms with Crippen molar-refractivity contribution in [1.82, 2.24) is 25.5 Å². The second-order valence-corrected chi connectivity index (χ2v) is 6.46. The molecule has 3 rings (SSSR count). The van der Waals surface area contributed by atoms with Crippen LogP contribution in [0.4, 0.5) is 0 Å². The lowest BCUT2D eigenvalue weighted by atomic mass is 10.2. The number of benzene rings is 1. The number of aromatic nitrogens is 4. The number of rotatable bonds is 6. The highest BCUT2D eigenvalue weighted by Gasteiger charge is 2.17. The summed E-state index contributed by atoms with van der Waals surface area (Å²) in [6, 6.07) is 7.21. The molecule has 1 aliphatic rings. The van der Waals surface area contributed by atoms with Gasteiger partial charge in [0.25, 0.3) is 0 Å². The van der Waals surface area contributed by atoms with Crippen LogP contribution in [0.25, 0.3) is 5.69 Å². The quantitative estimate of drug-likeness (QED) is 0.796. The third kappa shape index (κ3) is 4.43. The van der Waals surface area contributed by atoms with Gasteiger partial charge in [0.1, 0.15) is 0 Å². The van der Waals surface area contributed by atoms with Gasteiger partial charge in [0.05, 0.1) is 17.5 Å². The highest BCUT2D eigenvalue weighted by atomic mass is 35.5. The van der Waals surface area contributed by atoms with Crippen molar-refractivity contribution in [3.8, 4) is 5.69 Å². The van der Waals surface area contributed by atoms with Crippen LogP contribution in [-0.2, 0) is 9.53 Å². The standard InChI is InChI=1S/C14H16ClN5O2S/c15-10-3-1-4-11(7-10)20-14(17-18-19-20)23-9-13(21)16-8-12-5-2-6-22-12/h1,3-4,7,12H,2,5-6,8-9H2,(H,16,21)/t12-/m0/s1. The van der Waals surface area contributed by atoms with Gasteiger partial charge in [-0.1, -0.05) is 29.4 Å². The first-order valence-electron chi connectivity index (χ1n) is 7.28. The van der Waals surface area contributed by atoms with Gasteiger partial charge in [0.2, 0.25) is 11.1 Å². The van der Waals surface area contributed by atoms with Crippen LogP contribution in [0.15, 0.2) is 29.4 Å². The molecule has 0 saturated carbocycles. The largest absolute Gasteiger partial charge is 0.376 e. The summed E-state index contributed by atoms with van der Waals surface area (Å²) in [5.74, 6) is 0.180. The minimum atomic E-state index is -0.0638. The average molecular weight is 354 g/mol.